The van der Waals surface area contributed by atoms with E-state index in [4.69, 9.17) is 4.74 Å². The Labute approximate surface area is 111 Å². The summed E-state index contributed by atoms with van der Waals surface area (Å²) in [7, 11) is 1.69. The lowest BCUT2D eigenvalue weighted by molar-refractivity contribution is 0.410. The first-order valence-corrected chi connectivity index (χ1v) is 6.19. The molecule has 94 valence electrons. The molecule has 0 radical (unpaired) electrons. The highest BCUT2D eigenvalue weighted by Crippen LogP contribution is 2.23. The van der Waals surface area contributed by atoms with Crippen LogP contribution < -0.4 is 4.74 Å². The highest BCUT2D eigenvalue weighted by molar-refractivity contribution is 5.80. The molecule has 0 N–H and O–H groups in total. The van der Waals surface area contributed by atoms with Gasteiger partial charge in [-0.1, -0.05) is 36.4 Å². The highest BCUT2D eigenvalue weighted by atomic mass is 16.5. The van der Waals surface area contributed by atoms with E-state index in [9.17, 15) is 0 Å². The second kappa shape index (κ2) is 5.06. The molecule has 3 rings (SSSR count). The first-order valence-electron chi connectivity index (χ1n) is 6.19. The molecule has 0 aliphatic heterocycles. The monoisotopic (exact) mass is 250 g/mol. The quantitative estimate of drug-likeness (QED) is 0.715. The minimum Gasteiger partial charge on any atom is -0.496 e. The average molecular weight is 250 g/mol. The van der Waals surface area contributed by atoms with Gasteiger partial charge in [-0.2, -0.15) is 0 Å². The molecular weight excluding hydrogens is 236 g/mol. The van der Waals surface area contributed by atoms with Crippen molar-refractivity contribution < 1.29 is 4.74 Å². The Bertz CT molecular complexity index is 704. The van der Waals surface area contributed by atoms with Crippen LogP contribution in [0.4, 0.5) is 0 Å². The van der Waals surface area contributed by atoms with Crippen molar-refractivity contribution in [2.45, 2.75) is 6.42 Å². The summed E-state index contributed by atoms with van der Waals surface area (Å²) in [5.74, 6) is 0.894. The van der Waals surface area contributed by atoms with Crippen molar-refractivity contribution in [3.63, 3.8) is 0 Å². The van der Waals surface area contributed by atoms with E-state index in [1.54, 1.807) is 13.4 Å². The third kappa shape index (κ3) is 2.27. The molecule has 0 fully saturated rings. The lowest BCUT2D eigenvalue weighted by Crippen LogP contribution is -1.97. The van der Waals surface area contributed by atoms with Crippen LogP contribution in [0.3, 0.4) is 0 Å². The number of aromatic nitrogens is 2. The Balaban J connectivity index is 2.06. The lowest BCUT2D eigenvalue weighted by atomic mass is 10.0. The zero-order valence-electron chi connectivity index (χ0n) is 10.7. The van der Waals surface area contributed by atoms with E-state index < -0.39 is 0 Å². The fourth-order valence-corrected chi connectivity index (χ4v) is 2.23. The Morgan fingerprint density at radius 2 is 1.74 bits per heavy atom. The number of ether oxygens (including phenoxy) is 1. The number of benzene rings is 2. The van der Waals surface area contributed by atoms with E-state index in [0.29, 0.717) is 0 Å². The number of para-hydroxylation sites is 2. The van der Waals surface area contributed by atoms with Crippen LogP contribution in [-0.4, -0.2) is 17.1 Å². The second-order valence-corrected chi connectivity index (χ2v) is 4.33. The average Bonchev–Trinajstić information content (AvgIpc) is 2.48. The van der Waals surface area contributed by atoms with Crippen molar-refractivity contribution in [2.24, 2.45) is 0 Å². The van der Waals surface area contributed by atoms with Crippen molar-refractivity contribution in [2.75, 3.05) is 7.11 Å². The van der Waals surface area contributed by atoms with Crippen LogP contribution in [0, 0.1) is 0 Å². The number of methoxy groups -OCH3 is 1. The van der Waals surface area contributed by atoms with Gasteiger partial charge in [-0.05, 0) is 12.1 Å². The van der Waals surface area contributed by atoms with Crippen molar-refractivity contribution in [3.8, 4) is 5.75 Å². The standard InChI is InChI=1S/C16H14N2O/c1-19-16-9-5-2-6-12(16)10-15-13-7-3-4-8-14(13)17-11-18-15/h2-9,11H,10H2,1H3. The van der Waals surface area contributed by atoms with Gasteiger partial charge >= 0.3 is 0 Å². The van der Waals surface area contributed by atoms with E-state index in [2.05, 4.69) is 22.1 Å². The number of hydrogen-bond donors (Lipinski definition) is 0. The summed E-state index contributed by atoms with van der Waals surface area (Å²) in [4.78, 5) is 8.69. The molecular formula is C16H14N2O. The molecule has 1 aromatic heterocycles. The molecule has 3 aromatic rings. The summed E-state index contributed by atoms with van der Waals surface area (Å²) in [5.41, 5.74) is 3.13. The van der Waals surface area contributed by atoms with E-state index >= 15 is 0 Å². The number of fused-ring (bicyclic) bond motifs is 1. The van der Waals surface area contributed by atoms with Crippen LogP contribution in [0.15, 0.2) is 54.9 Å². The molecule has 0 atom stereocenters. The Morgan fingerprint density at radius 3 is 2.63 bits per heavy atom. The summed E-state index contributed by atoms with van der Waals surface area (Å²) in [6, 6.07) is 16.1. The molecule has 0 saturated carbocycles. The second-order valence-electron chi connectivity index (χ2n) is 4.33. The lowest BCUT2D eigenvalue weighted by Gasteiger charge is -2.09. The maximum absolute atomic E-state index is 5.39. The molecule has 0 aliphatic carbocycles. The van der Waals surface area contributed by atoms with Gasteiger partial charge in [0.25, 0.3) is 0 Å². The van der Waals surface area contributed by atoms with Crippen LogP contribution >= 0.6 is 0 Å². The molecule has 0 aliphatic rings. The summed E-state index contributed by atoms with van der Waals surface area (Å²) < 4.78 is 5.39. The zero-order chi connectivity index (χ0) is 13.1. The molecule has 1 heterocycles. The van der Waals surface area contributed by atoms with Crippen LogP contribution in [0.2, 0.25) is 0 Å². The molecule has 0 saturated heterocycles. The number of nitrogens with zero attached hydrogens (tertiary/aromatic N) is 2. The smallest absolute Gasteiger partial charge is 0.122 e. The zero-order valence-corrected chi connectivity index (χ0v) is 10.7. The van der Waals surface area contributed by atoms with Gasteiger partial charge in [-0.25, -0.2) is 9.97 Å². The van der Waals surface area contributed by atoms with Crippen molar-refractivity contribution >= 4 is 10.9 Å². The van der Waals surface area contributed by atoms with Crippen LogP contribution in [0.25, 0.3) is 10.9 Å². The normalized spacial score (nSPS) is 10.6. The van der Waals surface area contributed by atoms with Gasteiger partial charge in [0, 0.05) is 17.4 Å². The van der Waals surface area contributed by atoms with Gasteiger partial charge in [0.15, 0.2) is 0 Å². The van der Waals surface area contributed by atoms with Gasteiger partial charge in [0.2, 0.25) is 0 Å². The maximum atomic E-state index is 5.39. The highest BCUT2D eigenvalue weighted by Gasteiger charge is 2.07. The SMILES string of the molecule is COc1ccccc1Cc1ncnc2ccccc12. The van der Waals surface area contributed by atoms with Gasteiger partial charge in [0.05, 0.1) is 18.3 Å². The maximum Gasteiger partial charge on any atom is 0.122 e. The molecule has 3 nitrogen and oxygen atoms in total. The fraction of sp³-hybridized carbons (Fsp3) is 0.125. The molecule has 2 aromatic carbocycles. The molecule has 0 spiro atoms. The van der Waals surface area contributed by atoms with E-state index in [-0.39, 0.29) is 0 Å². The first-order chi connectivity index (χ1) is 9.38. The molecule has 3 heteroatoms. The van der Waals surface area contributed by atoms with E-state index in [0.717, 1.165) is 34.3 Å². The molecule has 19 heavy (non-hydrogen) atoms. The van der Waals surface area contributed by atoms with Crippen molar-refractivity contribution in [1.29, 1.82) is 0 Å². The molecule has 0 unspecified atom stereocenters. The van der Waals surface area contributed by atoms with Crippen LogP contribution in [0.5, 0.6) is 5.75 Å². The summed E-state index contributed by atoms with van der Waals surface area (Å²) in [6.45, 7) is 0. The van der Waals surface area contributed by atoms with Gasteiger partial charge in [-0.15, -0.1) is 0 Å². The van der Waals surface area contributed by atoms with Gasteiger partial charge in [0.1, 0.15) is 12.1 Å². The van der Waals surface area contributed by atoms with Crippen LogP contribution in [0.1, 0.15) is 11.3 Å². The summed E-state index contributed by atoms with van der Waals surface area (Å²) in [6.07, 6.45) is 2.36. The predicted molar refractivity (Wildman–Crippen MR) is 75.3 cm³/mol. The van der Waals surface area contributed by atoms with Crippen LogP contribution in [-0.2, 0) is 6.42 Å². The van der Waals surface area contributed by atoms with E-state index in [1.165, 1.54) is 0 Å². The third-order valence-electron chi connectivity index (χ3n) is 3.18. The first kappa shape index (κ1) is 11.7. The summed E-state index contributed by atoms with van der Waals surface area (Å²) >= 11 is 0. The predicted octanol–water partition coefficient (Wildman–Crippen LogP) is 3.23. The Kier molecular flexibility index (Phi) is 3.11. The third-order valence-corrected chi connectivity index (χ3v) is 3.18. The molecule has 0 bridgehead atoms. The van der Waals surface area contributed by atoms with Gasteiger partial charge in [-0.3, -0.25) is 0 Å². The fourth-order valence-electron chi connectivity index (χ4n) is 2.23. The topological polar surface area (TPSA) is 35.0 Å². The Morgan fingerprint density at radius 1 is 0.947 bits per heavy atom. The minimum atomic E-state index is 0.743. The minimum absolute atomic E-state index is 0.743. The number of hydrogen-bond acceptors (Lipinski definition) is 3. The summed E-state index contributed by atoms with van der Waals surface area (Å²) in [5, 5.41) is 1.09. The van der Waals surface area contributed by atoms with Crippen molar-refractivity contribution in [3.05, 3.63) is 66.1 Å². The molecule has 0 amide bonds. The van der Waals surface area contributed by atoms with Gasteiger partial charge < -0.3 is 4.74 Å². The van der Waals surface area contributed by atoms with E-state index in [1.807, 2.05) is 36.4 Å². The largest absolute Gasteiger partial charge is 0.496 e. The number of rotatable bonds is 3. The van der Waals surface area contributed by atoms with Crippen molar-refractivity contribution in [1.82, 2.24) is 9.97 Å². The Hall–Kier alpha value is -2.42.